The fourth-order valence-electron chi connectivity index (χ4n) is 2.16. The van der Waals surface area contributed by atoms with Crippen molar-refractivity contribution in [3.8, 4) is 17.8 Å². The van der Waals surface area contributed by atoms with Gasteiger partial charge in [-0.1, -0.05) is 23.2 Å². The first kappa shape index (κ1) is 21.1. The van der Waals surface area contributed by atoms with E-state index >= 15 is 0 Å². The number of anilines is 1. The largest absolute Gasteiger partial charge is 0.416 e. The van der Waals surface area contributed by atoms with Crippen LogP contribution in [-0.2, 0) is 6.18 Å². The van der Waals surface area contributed by atoms with E-state index < -0.39 is 17.4 Å². The molecule has 2 aromatic rings. The number of halogens is 5. The van der Waals surface area contributed by atoms with Gasteiger partial charge < -0.3 is 11.5 Å². The maximum Gasteiger partial charge on any atom is 0.416 e. The predicted molar refractivity (Wildman–Crippen MR) is 97.8 cm³/mol. The molecule has 0 amide bonds. The minimum Gasteiger partial charge on any atom is -0.388 e. The Kier molecular flexibility index (Phi) is 5.88. The molecule has 0 fully saturated rings. The fourth-order valence-corrected chi connectivity index (χ4v) is 2.81. The lowest BCUT2D eigenvalue weighted by atomic mass is 10.2. The molecule has 0 spiro atoms. The third-order valence-corrected chi connectivity index (χ3v) is 4.08. The first-order valence-corrected chi connectivity index (χ1v) is 8.02. The molecule has 0 saturated carbocycles. The number of nitrogen functional groups attached to an aromatic ring is 1. The van der Waals surface area contributed by atoms with Gasteiger partial charge in [-0.15, -0.1) is 0 Å². The van der Waals surface area contributed by atoms with E-state index in [0.717, 1.165) is 10.9 Å². The van der Waals surface area contributed by atoms with Crippen LogP contribution in [0.4, 0.5) is 19.0 Å². The van der Waals surface area contributed by atoms with Gasteiger partial charge in [0.15, 0.2) is 5.70 Å². The fraction of sp³-hybridized carbons (Fsp3) is 0.125. The summed E-state index contributed by atoms with van der Waals surface area (Å²) in [5.74, 6) is -0.0439. The molecule has 0 radical (unpaired) electrons. The van der Waals surface area contributed by atoms with Gasteiger partial charge in [-0.3, -0.25) is 0 Å². The molecule has 0 unspecified atom stereocenters. The van der Waals surface area contributed by atoms with Crippen LogP contribution in [0.2, 0.25) is 10.0 Å². The SMILES string of the molecule is Cc1nn(-c2c(Cl)cc(C(F)(F)F)cc2Cl)c(N)c1C=NC(C#N)=C(N)C#N. The van der Waals surface area contributed by atoms with Gasteiger partial charge in [0.05, 0.1) is 26.9 Å². The molecule has 1 aromatic heterocycles. The van der Waals surface area contributed by atoms with E-state index in [2.05, 4.69) is 10.1 Å². The Morgan fingerprint density at radius 3 is 2.29 bits per heavy atom. The zero-order chi connectivity index (χ0) is 21.2. The summed E-state index contributed by atoms with van der Waals surface area (Å²) < 4.78 is 39.7. The Morgan fingerprint density at radius 2 is 1.82 bits per heavy atom. The van der Waals surface area contributed by atoms with Gasteiger partial charge >= 0.3 is 6.18 Å². The highest BCUT2D eigenvalue weighted by Gasteiger charge is 2.32. The number of alkyl halides is 3. The Hall–Kier alpha value is -3.21. The zero-order valence-corrected chi connectivity index (χ0v) is 15.5. The van der Waals surface area contributed by atoms with Gasteiger partial charge in [0.25, 0.3) is 0 Å². The van der Waals surface area contributed by atoms with Gasteiger partial charge in [0.1, 0.15) is 29.3 Å². The molecule has 1 aromatic carbocycles. The van der Waals surface area contributed by atoms with Crippen LogP contribution in [-0.4, -0.2) is 16.0 Å². The van der Waals surface area contributed by atoms with Crippen LogP contribution in [0.25, 0.3) is 5.69 Å². The third-order valence-electron chi connectivity index (χ3n) is 3.50. The summed E-state index contributed by atoms with van der Waals surface area (Å²) in [5, 5.41) is 21.2. The molecule has 0 aliphatic heterocycles. The highest BCUT2D eigenvalue weighted by molar-refractivity contribution is 6.38. The van der Waals surface area contributed by atoms with Crippen molar-refractivity contribution in [1.82, 2.24) is 9.78 Å². The Bertz CT molecular complexity index is 1060. The van der Waals surface area contributed by atoms with Gasteiger partial charge in [-0.05, 0) is 19.1 Å². The maximum atomic E-state index is 12.9. The van der Waals surface area contributed by atoms with E-state index in [1.165, 1.54) is 0 Å². The van der Waals surface area contributed by atoms with Crippen LogP contribution in [0.3, 0.4) is 0 Å². The second-order valence-electron chi connectivity index (χ2n) is 5.33. The second-order valence-corrected chi connectivity index (χ2v) is 6.14. The number of benzene rings is 1. The van der Waals surface area contributed by atoms with Crippen LogP contribution in [0.5, 0.6) is 0 Å². The Morgan fingerprint density at radius 1 is 1.25 bits per heavy atom. The van der Waals surface area contributed by atoms with Gasteiger partial charge in [-0.2, -0.15) is 28.8 Å². The number of rotatable bonds is 3. The molecule has 0 bridgehead atoms. The molecule has 4 N–H and O–H groups in total. The van der Waals surface area contributed by atoms with E-state index in [9.17, 15) is 13.2 Å². The minimum absolute atomic E-state index is 0.0439. The van der Waals surface area contributed by atoms with E-state index in [1.807, 2.05) is 0 Å². The van der Waals surface area contributed by atoms with Crippen molar-refractivity contribution in [1.29, 1.82) is 10.5 Å². The number of aryl methyl sites for hydroxylation is 1. The van der Waals surface area contributed by atoms with E-state index in [1.54, 1.807) is 19.1 Å². The Balaban J connectivity index is 2.60. The van der Waals surface area contributed by atoms with Crippen LogP contribution < -0.4 is 11.5 Å². The zero-order valence-electron chi connectivity index (χ0n) is 14.0. The van der Waals surface area contributed by atoms with Crippen molar-refractivity contribution >= 4 is 35.2 Å². The highest BCUT2D eigenvalue weighted by atomic mass is 35.5. The molecule has 0 saturated heterocycles. The average Bonchev–Trinajstić information content (AvgIpc) is 2.88. The number of nitrogens with two attached hydrogens (primary N) is 2. The van der Waals surface area contributed by atoms with Crippen molar-refractivity contribution in [2.45, 2.75) is 13.1 Å². The van der Waals surface area contributed by atoms with Crippen LogP contribution >= 0.6 is 23.2 Å². The molecule has 7 nitrogen and oxygen atoms in total. The molecule has 144 valence electrons. The summed E-state index contributed by atoms with van der Waals surface area (Å²) in [6.07, 6.45) is -3.47. The van der Waals surface area contributed by atoms with Crippen molar-refractivity contribution in [3.05, 3.63) is 50.4 Å². The molecule has 0 atom stereocenters. The van der Waals surface area contributed by atoms with Gasteiger partial charge in [0, 0.05) is 6.21 Å². The second kappa shape index (κ2) is 7.80. The van der Waals surface area contributed by atoms with Crippen molar-refractivity contribution in [2.24, 2.45) is 10.7 Å². The number of hydrogen-bond acceptors (Lipinski definition) is 6. The van der Waals surface area contributed by atoms with Crippen LogP contribution in [0.15, 0.2) is 28.5 Å². The molecule has 0 aliphatic carbocycles. The summed E-state index contributed by atoms with van der Waals surface area (Å²) in [6, 6.07) is 4.65. The lowest BCUT2D eigenvalue weighted by Gasteiger charge is -2.13. The quantitative estimate of drug-likeness (QED) is 0.569. The van der Waals surface area contributed by atoms with E-state index in [0.29, 0.717) is 17.8 Å². The molecular formula is C16H10Cl2F3N7. The normalized spacial score (nSPS) is 12.6. The number of hydrogen-bond donors (Lipinski definition) is 2. The monoisotopic (exact) mass is 427 g/mol. The van der Waals surface area contributed by atoms with Gasteiger partial charge in [-0.25, -0.2) is 9.67 Å². The van der Waals surface area contributed by atoms with Gasteiger partial charge in [0.2, 0.25) is 0 Å². The molecule has 2 rings (SSSR count). The number of nitriles is 2. The van der Waals surface area contributed by atoms with Crippen LogP contribution in [0.1, 0.15) is 16.8 Å². The summed E-state index contributed by atoms with van der Waals surface area (Å²) >= 11 is 12.0. The smallest absolute Gasteiger partial charge is 0.388 e. The lowest BCUT2D eigenvalue weighted by molar-refractivity contribution is -0.137. The first-order valence-electron chi connectivity index (χ1n) is 7.27. The Labute approximate surface area is 166 Å². The number of aliphatic imine (C=N–C) groups is 1. The van der Waals surface area contributed by atoms with Crippen molar-refractivity contribution in [2.75, 3.05) is 5.73 Å². The van der Waals surface area contributed by atoms with Crippen molar-refractivity contribution in [3.63, 3.8) is 0 Å². The van der Waals surface area contributed by atoms with E-state index in [-0.39, 0.29) is 32.8 Å². The third kappa shape index (κ3) is 4.03. The van der Waals surface area contributed by atoms with Crippen LogP contribution in [0, 0.1) is 29.6 Å². The molecule has 0 aliphatic rings. The number of allylic oxidation sites excluding steroid dienone is 2. The maximum absolute atomic E-state index is 12.9. The molecule has 1 heterocycles. The standard InChI is InChI=1S/C16H10Cl2F3N7/c1-7-9(6-26-13(5-23)12(24)4-22)15(25)28(27-7)14-10(17)2-8(3-11(14)18)16(19,20)21/h2-3,6H,24-25H2,1H3. The summed E-state index contributed by atoms with van der Waals surface area (Å²) in [6.45, 7) is 1.55. The lowest BCUT2D eigenvalue weighted by Crippen LogP contribution is -2.08. The topological polar surface area (TPSA) is 130 Å². The minimum atomic E-state index is -4.63. The number of nitrogens with zero attached hydrogens (tertiary/aromatic N) is 5. The molecular weight excluding hydrogens is 418 g/mol. The average molecular weight is 428 g/mol. The summed E-state index contributed by atoms with van der Waals surface area (Å²) in [4.78, 5) is 3.80. The molecule has 12 heteroatoms. The summed E-state index contributed by atoms with van der Waals surface area (Å²) in [5.41, 5.74) is 10.1. The predicted octanol–water partition coefficient (Wildman–Crippen LogP) is 3.72. The highest BCUT2D eigenvalue weighted by Crippen LogP contribution is 2.38. The van der Waals surface area contributed by atoms with E-state index in [4.69, 9.17) is 45.2 Å². The number of aromatic nitrogens is 2. The first-order chi connectivity index (χ1) is 13.0. The summed E-state index contributed by atoms with van der Waals surface area (Å²) in [7, 11) is 0. The molecule has 28 heavy (non-hydrogen) atoms. The van der Waals surface area contributed by atoms with Crippen molar-refractivity contribution < 1.29 is 13.2 Å².